The molecule has 3 nitrogen and oxygen atoms in total. The molecule has 94 valence electrons. The second-order valence-corrected chi connectivity index (χ2v) is 4.65. The molecule has 0 aromatic heterocycles. The molecule has 3 heteroatoms. The minimum atomic E-state index is 0.198. The van der Waals surface area contributed by atoms with Gasteiger partial charge in [-0.1, -0.05) is 30.3 Å². The van der Waals surface area contributed by atoms with Crippen molar-refractivity contribution < 1.29 is 5.11 Å². The van der Waals surface area contributed by atoms with Crippen LogP contribution in [0.25, 0.3) is 0 Å². The van der Waals surface area contributed by atoms with Gasteiger partial charge in [-0.05, 0) is 31.5 Å². The van der Waals surface area contributed by atoms with Crippen LogP contribution in [0.5, 0.6) is 0 Å². The van der Waals surface area contributed by atoms with Crippen LogP contribution >= 0.6 is 0 Å². The van der Waals surface area contributed by atoms with Gasteiger partial charge in [-0.25, -0.2) is 0 Å². The minimum Gasteiger partial charge on any atom is -0.395 e. The summed E-state index contributed by atoms with van der Waals surface area (Å²) in [5, 5.41) is 12.4. The summed E-state index contributed by atoms with van der Waals surface area (Å²) in [6.45, 7) is 4.33. The normalized spacial score (nSPS) is 18.4. The Hall–Kier alpha value is -0.900. The number of nitrogens with zero attached hydrogens (tertiary/aromatic N) is 1. The monoisotopic (exact) mass is 234 g/mol. The molecule has 1 aliphatic rings. The van der Waals surface area contributed by atoms with Crippen LogP contribution in [0.4, 0.5) is 0 Å². The molecule has 0 saturated carbocycles. The summed E-state index contributed by atoms with van der Waals surface area (Å²) in [5.74, 6) is 0. The SMILES string of the molecule is OCCNC(CN1CCCC1)c1ccccc1. The van der Waals surface area contributed by atoms with Crippen LogP contribution in [0.2, 0.25) is 0 Å². The molecule has 1 aromatic carbocycles. The van der Waals surface area contributed by atoms with E-state index in [1.807, 2.05) is 6.07 Å². The number of nitrogens with one attached hydrogen (secondary N) is 1. The molecule has 0 bridgehead atoms. The Balaban J connectivity index is 1.97. The fourth-order valence-electron chi connectivity index (χ4n) is 2.44. The van der Waals surface area contributed by atoms with E-state index in [4.69, 9.17) is 5.11 Å². The first-order chi connectivity index (χ1) is 8.40. The third-order valence-corrected chi connectivity index (χ3v) is 3.34. The van der Waals surface area contributed by atoms with Gasteiger partial charge in [-0.3, -0.25) is 0 Å². The summed E-state index contributed by atoms with van der Waals surface area (Å²) >= 11 is 0. The highest BCUT2D eigenvalue weighted by molar-refractivity contribution is 5.19. The third kappa shape index (κ3) is 3.80. The first-order valence-electron chi connectivity index (χ1n) is 6.51. The van der Waals surface area contributed by atoms with Crippen molar-refractivity contribution in [3.8, 4) is 0 Å². The van der Waals surface area contributed by atoms with Crippen molar-refractivity contribution in [1.29, 1.82) is 0 Å². The number of benzene rings is 1. The number of hydrogen-bond acceptors (Lipinski definition) is 3. The van der Waals surface area contributed by atoms with E-state index < -0.39 is 0 Å². The molecule has 1 atom stereocenters. The molecular formula is C14H22N2O. The zero-order valence-corrected chi connectivity index (χ0v) is 10.3. The predicted octanol–water partition coefficient (Wildman–Crippen LogP) is 1.41. The van der Waals surface area contributed by atoms with E-state index in [1.54, 1.807) is 0 Å². The van der Waals surface area contributed by atoms with E-state index in [1.165, 1.54) is 31.5 Å². The van der Waals surface area contributed by atoms with Gasteiger partial charge in [0.2, 0.25) is 0 Å². The lowest BCUT2D eigenvalue weighted by molar-refractivity contribution is 0.257. The first kappa shape index (κ1) is 12.6. The van der Waals surface area contributed by atoms with Crippen LogP contribution in [0.15, 0.2) is 30.3 Å². The van der Waals surface area contributed by atoms with E-state index in [0.29, 0.717) is 12.6 Å². The second-order valence-electron chi connectivity index (χ2n) is 4.65. The van der Waals surface area contributed by atoms with Gasteiger partial charge in [0.15, 0.2) is 0 Å². The third-order valence-electron chi connectivity index (χ3n) is 3.34. The number of likely N-dealkylation sites (tertiary alicyclic amines) is 1. The van der Waals surface area contributed by atoms with Crippen molar-refractivity contribution >= 4 is 0 Å². The lowest BCUT2D eigenvalue weighted by Crippen LogP contribution is -2.35. The van der Waals surface area contributed by atoms with E-state index in [9.17, 15) is 0 Å². The van der Waals surface area contributed by atoms with Crippen molar-refractivity contribution in [1.82, 2.24) is 10.2 Å². The molecule has 2 N–H and O–H groups in total. The maximum Gasteiger partial charge on any atom is 0.0556 e. The van der Waals surface area contributed by atoms with Gasteiger partial charge >= 0.3 is 0 Å². The molecule has 0 radical (unpaired) electrons. The highest BCUT2D eigenvalue weighted by Crippen LogP contribution is 2.17. The number of rotatable bonds is 6. The number of aliphatic hydroxyl groups is 1. The minimum absolute atomic E-state index is 0.198. The Morgan fingerprint density at radius 3 is 2.53 bits per heavy atom. The van der Waals surface area contributed by atoms with Gasteiger partial charge in [0.05, 0.1) is 6.61 Å². The largest absolute Gasteiger partial charge is 0.395 e. The fraction of sp³-hybridized carbons (Fsp3) is 0.571. The number of hydrogen-bond donors (Lipinski definition) is 2. The van der Waals surface area contributed by atoms with Crippen molar-refractivity contribution in [2.45, 2.75) is 18.9 Å². The van der Waals surface area contributed by atoms with Crippen LogP contribution in [-0.4, -0.2) is 42.8 Å². The van der Waals surface area contributed by atoms with Crippen molar-refractivity contribution in [2.24, 2.45) is 0 Å². The summed E-state index contributed by atoms with van der Waals surface area (Å²) in [6.07, 6.45) is 2.64. The molecule has 17 heavy (non-hydrogen) atoms. The smallest absolute Gasteiger partial charge is 0.0556 e. The zero-order chi connectivity index (χ0) is 11.9. The van der Waals surface area contributed by atoms with Crippen molar-refractivity contribution in [3.05, 3.63) is 35.9 Å². The zero-order valence-electron chi connectivity index (χ0n) is 10.3. The van der Waals surface area contributed by atoms with E-state index in [0.717, 1.165) is 6.54 Å². The van der Waals surface area contributed by atoms with E-state index in [-0.39, 0.29) is 6.61 Å². The summed E-state index contributed by atoms with van der Waals surface area (Å²) in [7, 11) is 0. The molecule has 1 saturated heterocycles. The standard InChI is InChI=1S/C14H22N2O/c17-11-8-15-14(12-16-9-4-5-10-16)13-6-2-1-3-7-13/h1-3,6-7,14-15,17H,4-5,8-12H2. The van der Waals surface area contributed by atoms with Gasteiger partial charge in [-0.2, -0.15) is 0 Å². The molecule has 2 rings (SSSR count). The highest BCUT2D eigenvalue weighted by atomic mass is 16.3. The molecule has 1 heterocycles. The van der Waals surface area contributed by atoms with Crippen LogP contribution in [-0.2, 0) is 0 Å². The summed E-state index contributed by atoms with van der Waals surface area (Å²) < 4.78 is 0. The maximum absolute atomic E-state index is 8.95. The Kier molecular flexibility index (Phi) is 4.98. The Bertz CT molecular complexity index is 309. The molecule has 1 unspecified atom stereocenters. The molecule has 0 spiro atoms. The number of aliphatic hydroxyl groups excluding tert-OH is 1. The molecule has 1 aliphatic heterocycles. The second kappa shape index (κ2) is 6.74. The van der Waals surface area contributed by atoms with Gasteiger partial charge in [0.25, 0.3) is 0 Å². The van der Waals surface area contributed by atoms with Gasteiger partial charge in [0, 0.05) is 19.1 Å². The Labute approximate surface area is 103 Å². The summed E-state index contributed by atoms with van der Waals surface area (Å²) in [4.78, 5) is 2.50. The fourth-order valence-corrected chi connectivity index (χ4v) is 2.44. The van der Waals surface area contributed by atoms with Gasteiger partial charge in [-0.15, -0.1) is 0 Å². The lowest BCUT2D eigenvalue weighted by atomic mass is 10.1. The Morgan fingerprint density at radius 2 is 1.88 bits per heavy atom. The van der Waals surface area contributed by atoms with Gasteiger partial charge in [0.1, 0.15) is 0 Å². The van der Waals surface area contributed by atoms with Crippen LogP contribution in [0, 0.1) is 0 Å². The topological polar surface area (TPSA) is 35.5 Å². The highest BCUT2D eigenvalue weighted by Gasteiger charge is 2.18. The average Bonchev–Trinajstić information content (AvgIpc) is 2.88. The van der Waals surface area contributed by atoms with Crippen molar-refractivity contribution in [3.63, 3.8) is 0 Å². The Morgan fingerprint density at radius 1 is 1.18 bits per heavy atom. The van der Waals surface area contributed by atoms with Crippen LogP contribution < -0.4 is 5.32 Å². The maximum atomic E-state index is 8.95. The molecular weight excluding hydrogens is 212 g/mol. The summed E-state index contributed by atoms with van der Waals surface area (Å²) in [6, 6.07) is 10.8. The van der Waals surface area contributed by atoms with E-state index in [2.05, 4.69) is 34.5 Å². The van der Waals surface area contributed by atoms with Crippen LogP contribution in [0.1, 0.15) is 24.4 Å². The lowest BCUT2D eigenvalue weighted by Gasteiger charge is -2.24. The van der Waals surface area contributed by atoms with Crippen molar-refractivity contribution in [2.75, 3.05) is 32.8 Å². The predicted molar refractivity (Wildman–Crippen MR) is 69.9 cm³/mol. The molecule has 0 amide bonds. The first-order valence-corrected chi connectivity index (χ1v) is 6.51. The quantitative estimate of drug-likeness (QED) is 0.781. The summed E-state index contributed by atoms with van der Waals surface area (Å²) in [5.41, 5.74) is 1.31. The van der Waals surface area contributed by atoms with Gasteiger partial charge < -0.3 is 15.3 Å². The molecule has 0 aliphatic carbocycles. The molecule has 1 fully saturated rings. The molecule has 1 aromatic rings. The average molecular weight is 234 g/mol. The van der Waals surface area contributed by atoms with E-state index >= 15 is 0 Å². The van der Waals surface area contributed by atoms with Crippen LogP contribution in [0.3, 0.4) is 0 Å².